The van der Waals surface area contributed by atoms with Crippen molar-refractivity contribution in [3.63, 3.8) is 0 Å². The van der Waals surface area contributed by atoms with Crippen LogP contribution in [0.2, 0.25) is 0 Å². The Balaban J connectivity index is 1.08. The molecule has 0 saturated heterocycles. The summed E-state index contributed by atoms with van der Waals surface area (Å²) in [5.41, 5.74) is 2.67. The molecule has 0 bridgehead atoms. The summed E-state index contributed by atoms with van der Waals surface area (Å²) in [4.78, 5) is 13.4. The lowest BCUT2D eigenvalue weighted by Gasteiger charge is -2.19. The molecule has 1 fully saturated rings. The summed E-state index contributed by atoms with van der Waals surface area (Å²) < 4.78 is 13.7. The van der Waals surface area contributed by atoms with Crippen molar-refractivity contribution in [2.24, 2.45) is 0 Å². The number of fused-ring (bicyclic) bond motifs is 1. The lowest BCUT2D eigenvalue weighted by molar-refractivity contribution is 0.266. The summed E-state index contributed by atoms with van der Waals surface area (Å²) in [6.07, 6.45) is 8.47. The van der Waals surface area contributed by atoms with Gasteiger partial charge in [0.15, 0.2) is 0 Å². The van der Waals surface area contributed by atoms with Gasteiger partial charge in [-0.15, -0.1) is 10.2 Å². The van der Waals surface area contributed by atoms with Crippen LogP contribution < -0.4 is 15.0 Å². The van der Waals surface area contributed by atoms with E-state index in [1.165, 1.54) is 12.8 Å². The molecule has 1 N–H and O–H groups in total. The first-order valence-corrected chi connectivity index (χ1v) is 14.5. The zero-order chi connectivity index (χ0) is 27.9. The van der Waals surface area contributed by atoms with Gasteiger partial charge in [-0.3, -0.25) is 4.79 Å². The minimum atomic E-state index is 0.00814. The van der Waals surface area contributed by atoms with Gasteiger partial charge in [-0.1, -0.05) is 56.0 Å². The zero-order valence-electron chi connectivity index (χ0n) is 23.0. The number of ether oxygens (including phenoxy) is 2. The second-order valence-corrected chi connectivity index (χ2v) is 10.5. The van der Waals surface area contributed by atoms with Gasteiger partial charge in [0.25, 0.3) is 5.56 Å². The van der Waals surface area contributed by atoms with E-state index in [4.69, 9.17) is 14.6 Å². The van der Waals surface area contributed by atoms with Crippen LogP contribution in [0, 0.1) is 0 Å². The molecule has 6 rings (SSSR count). The summed E-state index contributed by atoms with van der Waals surface area (Å²) in [5, 5.41) is 20.6. The molecule has 0 radical (unpaired) electrons. The molecule has 0 atom stereocenters. The first kappa shape index (κ1) is 26.7. The first-order valence-electron chi connectivity index (χ1n) is 14.5. The molecule has 0 unspecified atom stereocenters. The maximum atomic E-state index is 13.4. The van der Waals surface area contributed by atoms with Crippen molar-refractivity contribution < 1.29 is 9.47 Å². The third kappa shape index (κ3) is 6.29. The minimum absolute atomic E-state index is 0.00814. The lowest BCUT2D eigenvalue weighted by atomic mass is 10.0. The van der Waals surface area contributed by atoms with E-state index in [9.17, 15) is 4.79 Å². The molecule has 5 aromatic rings. The van der Waals surface area contributed by atoms with E-state index in [-0.39, 0.29) is 11.6 Å². The van der Waals surface area contributed by atoms with Crippen LogP contribution in [0.3, 0.4) is 0 Å². The van der Waals surface area contributed by atoms with Gasteiger partial charge in [-0.2, -0.15) is 10.3 Å². The monoisotopic (exact) mass is 550 g/mol. The smallest absolute Gasteiger partial charge is 0.274 e. The maximum Gasteiger partial charge on any atom is 0.274 e. The standard InChI is InChI=1S/C32H34N6O3/c39-32-29-15-6-5-14-28(29)30(35-38(32)25-11-3-1-2-4-12-25)24-10-9-13-27(22-24)41-21-8-7-20-40-26-18-16-23(17-19-26)31-33-36-37-34-31/h5-6,9-10,13-19,22,25H,1-4,7-8,11-12,20-21H2,(H,33,34,36,37). The molecular formula is C32H34N6O3. The average Bonchev–Trinajstić information content (AvgIpc) is 3.43. The molecule has 0 spiro atoms. The number of hydrogen-bond acceptors (Lipinski definition) is 7. The predicted octanol–water partition coefficient (Wildman–Crippen LogP) is 6.38. The maximum absolute atomic E-state index is 13.4. The fraction of sp³-hybridized carbons (Fsp3) is 0.344. The van der Waals surface area contributed by atoms with E-state index in [0.29, 0.717) is 19.0 Å². The number of nitrogens with one attached hydrogen (secondary N) is 1. The Morgan fingerprint density at radius 2 is 1.51 bits per heavy atom. The Hall–Kier alpha value is -4.53. The van der Waals surface area contributed by atoms with Crippen LogP contribution in [0.5, 0.6) is 11.5 Å². The van der Waals surface area contributed by atoms with Gasteiger partial charge in [0.2, 0.25) is 5.82 Å². The number of aromatic amines is 1. The van der Waals surface area contributed by atoms with Crippen LogP contribution in [0.1, 0.15) is 57.4 Å². The van der Waals surface area contributed by atoms with E-state index >= 15 is 0 Å². The summed E-state index contributed by atoms with van der Waals surface area (Å²) in [6, 6.07) is 23.6. The number of tetrazole rings is 1. The number of H-pyrrole nitrogens is 1. The number of aromatic nitrogens is 6. The summed E-state index contributed by atoms with van der Waals surface area (Å²) in [5.74, 6) is 2.15. The average molecular weight is 551 g/mol. The molecule has 1 aliphatic rings. The van der Waals surface area contributed by atoms with Gasteiger partial charge >= 0.3 is 0 Å². The molecule has 210 valence electrons. The molecule has 0 amide bonds. The van der Waals surface area contributed by atoms with Crippen LogP contribution in [-0.4, -0.2) is 43.6 Å². The second-order valence-electron chi connectivity index (χ2n) is 10.5. The van der Waals surface area contributed by atoms with Gasteiger partial charge in [-0.25, -0.2) is 4.68 Å². The molecule has 9 nitrogen and oxygen atoms in total. The highest BCUT2D eigenvalue weighted by Gasteiger charge is 2.20. The Morgan fingerprint density at radius 3 is 2.24 bits per heavy atom. The molecule has 2 heterocycles. The molecule has 9 heteroatoms. The van der Waals surface area contributed by atoms with Crippen LogP contribution in [0.25, 0.3) is 33.4 Å². The highest BCUT2D eigenvalue weighted by Crippen LogP contribution is 2.31. The Kier molecular flexibility index (Phi) is 8.30. The molecular weight excluding hydrogens is 516 g/mol. The third-order valence-electron chi connectivity index (χ3n) is 7.64. The Morgan fingerprint density at radius 1 is 0.780 bits per heavy atom. The van der Waals surface area contributed by atoms with Crippen LogP contribution in [0.15, 0.2) is 77.6 Å². The molecule has 2 aromatic heterocycles. The van der Waals surface area contributed by atoms with E-state index in [1.54, 1.807) is 4.68 Å². The van der Waals surface area contributed by atoms with Gasteiger partial charge in [0, 0.05) is 16.5 Å². The number of nitrogens with zero attached hydrogens (tertiary/aromatic N) is 5. The highest BCUT2D eigenvalue weighted by atomic mass is 16.5. The molecule has 1 saturated carbocycles. The Bertz CT molecular complexity index is 1620. The van der Waals surface area contributed by atoms with Crippen LogP contribution >= 0.6 is 0 Å². The van der Waals surface area contributed by atoms with Crippen molar-refractivity contribution in [3.05, 3.63) is 83.2 Å². The molecule has 3 aromatic carbocycles. The van der Waals surface area contributed by atoms with Crippen molar-refractivity contribution in [1.29, 1.82) is 0 Å². The summed E-state index contributed by atoms with van der Waals surface area (Å²) >= 11 is 0. The van der Waals surface area contributed by atoms with Gasteiger partial charge in [0.05, 0.1) is 30.3 Å². The van der Waals surface area contributed by atoms with Crippen molar-refractivity contribution in [2.45, 2.75) is 57.4 Å². The molecule has 0 aliphatic heterocycles. The van der Waals surface area contributed by atoms with E-state index in [2.05, 4.69) is 20.6 Å². The largest absolute Gasteiger partial charge is 0.494 e. The number of rotatable bonds is 10. The van der Waals surface area contributed by atoms with Crippen molar-refractivity contribution in [2.75, 3.05) is 13.2 Å². The van der Waals surface area contributed by atoms with E-state index in [1.807, 2.05) is 72.8 Å². The number of benzene rings is 3. The van der Waals surface area contributed by atoms with Crippen molar-refractivity contribution in [3.8, 4) is 34.1 Å². The summed E-state index contributed by atoms with van der Waals surface area (Å²) in [6.45, 7) is 1.18. The number of unbranched alkanes of at least 4 members (excludes halogenated alkanes) is 1. The van der Waals surface area contributed by atoms with Gasteiger partial charge < -0.3 is 9.47 Å². The molecule has 1 aliphatic carbocycles. The summed E-state index contributed by atoms with van der Waals surface area (Å²) in [7, 11) is 0. The second kappa shape index (κ2) is 12.8. The number of hydrogen-bond donors (Lipinski definition) is 1. The Labute approximate surface area is 238 Å². The van der Waals surface area contributed by atoms with Gasteiger partial charge in [-0.05, 0) is 73.4 Å². The fourth-order valence-corrected chi connectivity index (χ4v) is 5.47. The van der Waals surface area contributed by atoms with E-state index < -0.39 is 0 Å². The quantitative estimate of drug-likeness (QED) is 0.159. The van der Waals surface area contributed by atoms with Crippen LogP contribution in [-0.2, 0) is 0 Å². The van der Waals surface area contributed by atoms with Crippen molar-refractivity contribution >= 4 is 10.8 Å². The fourth-order valence-electron chi connectivity index (χ4n) is 5.47. The van der Waals surface area contributed by atoms with E-state index in [0.717, 1.165) is 77.6 Å². The highest BCUT2D eigenvalue weighted by molar-refractivity contribution is 5.93. The SMILES string of the molecule is O=c1c2ccccc2c(-c2cccc(OCCCCOc3ccc(-c4nn[nH]n4)cc3)c2)nn1C1CCCCCC1. The predicted molar refractivity (Wildman–Crippen MR) is 158 cm³/mol. The van der Waals surface area contributed by atoms with Gasteiger partial charge in [0.1, 0.15) is 11.5 Å². The zero-order valence-corrected chi connectivity index (χ0v) is 23.0. The molecule has 41 heavy (non-hydrogen) atoms. The van der Waals surface area contributed by atoms with Crippen LogP contribution in [0.4, 0.5) is 0 Å². The normalized spacial score (nSPS) is 14.1. The third-order valence-corrected chi connectivity index (χ3v) is 7.64. The topological polar surface area (TPSA) is 108 Å². The first-order chi connectivity index (χ1) is 20.3. The lowest BCUT2D eigenvalue weighted by Crippen LogP contribution is -2.28. The minimum Gasteiger partial charge on any atom is -0.494 e. The van der Waals surface area contributed by atoms with Crippen molar-refractivity contribution in [1.82, 2.24) is 30.4 Å².